The van der Waals surface area contributed by atoms with E-state index in [1.54, 1.807) is 6.20 Å². The van der Waals surface area contributed by atoms with E-state index in [4.69, 9.17) is 4.42 Å². The Morgan fingerprint density at radius 2 is 2.27 bits per heavy atom. The van der Waals surface area contributed by atoms with Gasteiger partial charge in [0.15, 0.2) is 5.65 Å². The van der Waals surface area contributed by atoms with E-state index in [1.807, 2.05) is 25.1 Å². The Morgan fingerprint density at radius 1 is 1.38 bits per heavy atom. The van der Waals surface area contributed by atoms with Crippen molar-refractivity contribution >= 4 is 11.2 Å². The van der Waals surface area contributed by atoms with Crippen molar-refractivity contribution < 1.29 is 4.42 Å². The second kappa shape index (κ2) is 6.75. The van der Waals surface area contributed by atoms with E-state index in [1.165, 1.54) is 0 Å². The zero-order valence-electron chi connectivity index (χ0n) is 14.9. The van der Waals surface area contributed by atoms with Crippen LogP contribution in [0, 0.1) is 12.8 Å². The summed E-state index contributed by atoms with van der Waals surface area (Å²) in [6.07, 6.45) is 12.1. The van der Waals surface area contributed by atoms with Crippen molar-refractivity contribution in [2.75, 3.05) is 0 Å². The first-order chi connectivity index (χ1) is 12.7. The highest BCUT2D eigenvalue weighted by Gasteiger charge is 2.27. The van der Waals surface area contributed by atoms with E-state index in [9.17, 15) is 4.79 Å². The third-order valence-electron chi connectivity index (χ3n) is 4.97. The normalized spacial score (nSPS) is 17.7. The Balaban J connectivity index is 1.90. The Labute approximate surface area is 151 Å². The van der Waals surface area contributed by atoms with Gasteiger partial charge in [-0.3, -0.25) is 0 Å². The summed E-state index contributed by atoms with van der Waals surface area (Å²) < 4.78 is 5.41. The molecule has 5 nitrogen and oxygen atoms in total. The summed E-state index contributed by atoms with van der Waals surface area (Å²) >= 11 is 0. The molecule has 0 bridgehead atoms. The number of aromatic amines is 1. The van der Waals surface area contributed by atoms with Crippen molar-refractivity contribution in [1.82, 2.24) is 15.0 Å². The molecule has 3 aromatic rings. The van der Waals surface area contributed by atoms with Crippen LogP contribution < -0.4 is 5.63 Å². The van der Waals surface area contributed by atoms with Crippen molar-refractivity contribution in [3.05, 3.63) is 70.4 Å². The zero-order chi connectivity index (χ0) is 18.1. The third-order valence-corrected chi connectivity index (χ3v) is 4.97. The first-order valence-electron chi connectivity index (χ1n) is 8.96. The lowest BCUT2D eigenvalue weighted by atomic mass is 9.79. The number of nitrogens with one attached hydrogen (secondary N) is 1. The smallest absolute Gasteiger partial charge is 0.347 e. The summed E-state index contributed by atoms with van der Waals surface area (Å²) in [7, 11) is 0. The molecule has 0 amide bonds. The van der Waals surface area contributed by atoms with Gasteiger partial charge in [0.2, 0.25) is 0 Å². The van der Waals surface area contributed by atoms with Gasteiger partial charge in [0.05, 0.1) is 5.52 Å². The van der Waals surface area contributed by atoms with E-state index < -0.39 is 0 Å². The third kappa shape index (κ3) is 2.90. The molecule has 0 saturated heterocycles. The van der Waals surface area contributed by atoms with Crippen molar-refractivity contribution in [3.8, 4) is 11.4 Å². The maximum atomic E-state index is 12.8. The number of fused-ring (bicyclic) bond motifs is 1. The van der Waals surface area contributed by atoms with Crippen LogP contribution in [0.15, 0.2) is 57.9 Å². The minimum atomic E-state index is -0.354. The average molecular weight is 347 g/mol. The predicted octanol–water partition coefficient (Wildman–Crippen LogP) is 4.51. The van der Waals surface area contributed by atoms with Crippen LogP contribution in [-0.4, -0.2) is 15.0 Å². The van der Waals surface area contributed by atoms with Gasteiger partial charge in [-0.2, -0.15) is 0 Å². The number of allylic oxidation sites excluding steroid dienone is 4. The molecule has 132 valence electrons. The van der Waals surface area contributed by atoms with Gasteiger partial charge in [0, 0.05) is 6.20 Å². The summed E-state index contributed by atoms with van der Waals surface area (Å²) in [6, 6.07) is 5.73. The molecule has 3 heterocycles. The Bertz CT molecular complexity index is 1030. The molecule has 2 atom stereocenters. The van der Waals surface area contributed by atoms with Gasteiger partial charge in [-0.25, -0.2) is 14.8 Å². The number of aromatic nitrogens is 3. The van der Waals surface area contributed by atoms with Gasteiger partial charge >= 0.3 is 5.63 Å². The number of nitrogens with zero attached hydrogens (tertiary/aromatic N) is 2. The van der Waals surface area contributed by atoms with Gasteiger partial charge in [0.25, 0.3) is 0 Å². The first-order valence-corrected chi connectivity index (χ1v) is 8.96. The lowest BCUT2D eigenvalue weighted by molar-refractivity contribution is 0.459. The van der Waals surface area contributed by atoms with Crippen molar-refractivity contribution in [2.45, 2.75) is 32.6 Å². The van der Waals surface area contributed by atoms with E-state index in [0.29, 0.717) is 28.7 Å². The standard InChI is InChI=1S/C21H21N3O2/c1-3-15(14-8-5-4-6-9-14)16-12-13(2)26-21(25)18(16)20-23-17-10-7-11-22-19(17)24-20/h4-8,10-12,14-15H,3,9H2,1-2H3,(H,22,23,24). The second-order valence-electron chi connectivity index (χ2n) is 6.66. The Morgan fingerprint density at radius 3 is 3.00 bits per heavy atom. The molecule has 0 fully saturated rings. The molecule has 1 N–H and O–H groups in total. The number of imidazole rings is 1. The minimum Gasteiger partial charge on any atom is -0.428 e. The maximum Gasteiger partial charge on any atom is 0.347 e. The van der Waals surface area contributed by atoms with Crippen LogP contribution in [0.3, 0.4) is 0 Å². The van der Waals surface area contributed by atoms with Crippen molar-refractivity contribution in [2.24, 2.45) is 5.92 Å². The number of rotatable bonds is 4. The van der Waals surface area contributed by atoms with Gasteiger partial charge in [0.1, 0.15) is 17.1 Å². The molecule has 26 heavy (non-hydrogen) atoms. The van der Waals surface area contributed by atoms with Crippen LogP contribution in [-0.2, 0) is 0 Å². The van der Waals surface area contributed by atoms with Crippen LogP contribution in [0.1, 0.15) is 37.0 Å². The maximum absolute atomic E-state index is 12.8. The molecule has 4 rings (SSSR count). The predicted molar refractivity (Wildman–Crippen MR) is 102 cm³/mol. The number of H-pyrrole nitrogens is 1. The fourth-order valence-electron chi connectivity index (χ4n) is 3.78. The van der Waals surface area contributed by atoms with Crippen LogP contribution in [0.2, 0.25) is 0 Å². The quantitative estimate of drug-likeness (QED) is 0.753. The number of hydrogen-bond acceptors (Lipinski definition) is 4. The molecule has 0 radical (unpaired) electrons. The summed E-state index contributed by atoms with van der Waals surface area (Å²) in [6.45, 7) is 3.98. The zero-order valence-corrected chi connectivity index (χ0v) is 14.9. The Kier molecular flexibility index (Phi) is 4.29. The van der Waals surface area contributed by atoms with Crippen LogP contribution in [0.4, 0.5) is 0 Å². The highest BCUT2D eigenvalue weighted by molar-refractivity contribution is 5.76. The molecule has 1 aliphatic carbocycles. The molecule has 0 aliphatic heterocycles. The van der Waals surface area contributed by atoms with E-state index in [0.717, 1.165) is 23.9 Å². The van der Waals surface area contributed by atoms with Crippen LogP contribution >= 0.6 is 0 Å². The number of hydrogen-bond donors (Lipinski definition) is 1. The van der Waals surface area contributed by atoms with Crippen LogP contribution in [0.25, 0.3) is 22.6 Å². The number of aryl methyl sites for hydroxylation is 1. The SMILES string of the molecule is CCC(c1cc(C)oc(=O)c1-c1nc2ncccc2[nH]1)C1C=CC=CC1. The molecule has 3 aromatic heterocycles. The van der Waals surface area contributed by atoms with Gasteiger partial charge in [-0.1, -0.05) is 31.2 Å². The fraction of sp³-hybridized carbons (Fsp3) is 0.286. The van der Waals surface area contributed by atoms with Crippen molar-refractivity contribution in [3.63, 3.8) is 0 Å². The molecule has 0 spiro atoms. The van der Waals surface area contributed by atoms with Gasteiger partial charge in [-0.15, -0.1) is 0 Å². The minimum absolute atomic E-state index is 0.218. The summed E-state index contributed by atoms with van der Waals surface area (Å²) in [5, 5.41) is 0. The summed E-state index contributed by atoms with van der Waals surface area (Å²) in [4.78, 5) is 24.8. The molecular weight excluding hydrogens is 326 g/mol. The monoisotopic (exact) mass is 347 g/mol. The average Bonchev–Trinajstić information content (AvgIpc) is 3.06. The summed E-state index contributed by atoms with van der Waals surface area (Å²) in [5.74, 6) is 1.72. The molecule has 0 saturated carbocycles. The van der Waals surface area contributed by atoms with E-state index in [-0.39, 0.29) is 11.5 Å². The van der Waals surface area contributed by atoms with E-state index >= 15 is 0 Å². The van der Waals surface area contributed by atoms with Gasteiger partial charge < -0.3 is 9.40 Å². The molecule has 2 unspecified atom stereocenters. The Hall–Kier alpha value is -2.95. The van der Waals surface area contributed by atoms with E-state index in [2.05, 4.69) is 46.2 Å². The summed E-state index contributed by atoms with van der Waals surface area (Å²) in [5.41, 5.74) is 2.56. The molecular formula is C21H21N3O2. The second-order valence-corrected chi connectivity index (χ2v) is 6.66. The molecule has 5 heteroatoms. The first kappa shape index (κ1) is 16.5. The highest BCUT2D eigenvalue weighted by Crippen LogP contribution is 2.37. The largest absolute Gasteiger partial charge is 0.428 e. The molecule has 0 aromatic carbocycles. The lowest BCUT2D eigenvalue weighted by Crippen LogP contribution is -2.17. The van der Waals surface area contributed by atoms with Crippen molar-refractivity contribution in [1.29, 1.82) is 0 Å². The lowest BCUT2D eigenvalue weighted by Gasteiger charge is -2.25. The van der Waals surface area contributed by atoms with Crippen LogP contribution in [0.5, 0.6) is 0 Å². The highest BCUT2D eigenvalue weighted by atomic mass is 16.4. The number of pyridine rings is 1. The molecule has 1 aliphatic rings. The topological polar surface area (TPSA) is 71.8 Å². The van der Waals surface area contributed by atoms with Gasteiger partial charge in [-0.05, 0) is 55.4 Å². The fourth-order valence-corrected chi connectivity index (χ4v) is 3.78.